The smallest absolute Gasteiger partial charge is 0.350 e. The van der Waals surface area contributed by atoms with Gasteiger partial charge in [0, 0.05) is 12.1 Å². The first-order valence-corrected chi connectivity index (χ1v) is 11.1. The second-order valence-electron chi connectivity index (χ2n) is 6.62. The summed E-state index contributed by atoms with van der Waals surface area (Å²) >= 11 is 1.22. The quantitative estimate of drug-likeness (QED) is 0.713. The molecule has 9 heteroatoms. The van der Waals surface area contributed by atoms with Gasteiger partial charge in [0.15, 0.2) is 16.4 Å². The van der Waals surface area contributed by atoms with E-state index in [1.165, 1.54) is 17.5 Å². The molecule has 1 aliphatic carbocycles. The molecule has 1 aliphatic heterocycles. The van der Waals surface area contributed by atoms with E-state index in [9.17, 15) is 18.0 Å². The van der Waals surface area contributed by atoms with Gasteiger partial charge in [0.1, 0.15) is 4.88 Å². The Balaban J connectivity index is 1.65. The fourth-order valence-electron chi connectivity index (χ4n) is 3.61. The molecule has 138 valence electrons. The van der Waals surface area contributed by atoms with Crippen LogP contribution in [0.1, 0.15) is 46.8 Å². The predicted molar refractivity (Wildman–Crippen MR) is 93.3 cm³/mol. The number of ether oxygens (including phenoxy) is 1. The zero-order valence-corrected chi connectivity index (χ0v) is 15.8. The number of nitrogens with zero attached hydrogens (tertiary/aromatic N) is 2. The van der Waals surface area contributed by atoms with Gasteiger partial charge in [-0.3, -0.25) is 4.79 Å². The summed E-state index contributed by atoms with van der Waals surface area (Å²) in [7, 11) is -3.08. The summed E-state index contributed by atoms with van der Waals surface area (Å²) in [4.78, 5) is 30.8. The molecule has 0 unspecified atom stereocenters. The van der Waals surface area contributed by atoms with Crippen molar-refractivity contribution in [3.8, 4) is 0 Å². The number of carbonyl (C=O) groups excluding carboxylic acids is 2. The number of amides is 1. The van der Waals surface area contributed by atoms with Gasteiger partial charge in [-0.05, 0) is 26.2 Å². The number of hydrogen-bond acceptors (Lipinski definition) is 7. The van der Waals surface area contributed by atoms with Crippen molar-refractivity contribution >= 4 is 33.1 Å². The highest BCUT2D eigenvalue weighted by atomic mass is 32.2. The molecule has 2 fully saturated rings. The Morgan fingerprint density at radius 1 is 1.28 bits per heavy atom. The SMILES string of the molecule is Cc1ncc(C(=O)OCC(=O)N(C2CCCC2)[C@H]2CCS(=O)(=O)C2)s1. The van der Waals surface area contributed by atoms with E-state index in [2.05, 4.69) is 4.98 Å². The zero-order valence-electron chi connectivity index (χ0n) is 14.1. The van der Waals surface area contributed by atoms with Gasteiger partial charge in [0.25, 0.3) is 5.91 Å². The van der Waals surface area contributed by atoms with Gasteiger partial charge in [-0.15, -0.1) is 11.3 Å². The van der Waals surface area contributed by atoms with Crippen LogP contribution in [0.25, 0.3) is 0 Å². The van der Waals surface area contributed by atoms with Gasteiger partial charge < -0.3 is 9.64 Å². The Kier molecular flexibility index (Phi) is 5.43. The van der Waals surface area contributed by atoms with E-state index in [0.717, 1.165) is 30.7 Å². The van der Waals surface area contributed by atoms with Crippen molar-refractivity contribution in [1.82, 2.24) is 9.88 Å². The van der Waals surface area contributed by atoms with Crippen LogP contribution in [0.3, 0.4) is 0 Å². The summed E-state index contributed by atoms with van der Waals surface area (Å²) in [5, 5.41) is 0.752. The largest absolute Gasteiger partial charge is 0.451 e. The molecule has 1 saturated carbocycles. The Labute approximate surface area is 151 Å². The molecule has 0 N–H and O–H groups in total. The lowest BCUT2D eigenvalue weighted by molar-refractivity contribution is -0.139. The molecule has 0 spiro atoms. The van der Waals surface area contributed by atoms with E-state index in [1.807, 2.05) is 0 Å². The number of sulfone groups is 1. The Morgan fingerprint density at radius 2 is 2.00 bits per heavy atom. The second kappa shape index (κ2) is 7.41. The summed E-state index contributed by atoms with van der Waals surface area (Å²) in [5.41, 5.74) is 0. The lowest BCUT2D eigenvalue weighted by Crippen LogP contribution is -2.48. The third-order valence-corrected chi connectivity index (χ3v) is 7.40. The Hall–Kier alpha value is -1.48. The first-order chi connectivity index (χ1) is 11.9. The van der Waals surface area contributed by atoms with Crippen LogP contribution in [0.4, 0.5) is 0 Å². The highest BCUT2D eigenvalue weighted by molar-refractivity contribution is 7.91. The molecule has 0 radical (unpaired) electrons. The monoisotopic (exact) mass is 386 g/mol. The van der Waals surface area contributed by atoms with Crippen LogP contribution in [0.5, 0.6) is 0 Å². The molecule has 3 rings (SSSR count). The maximum atomic E-state index is 12.7. The Morgan fingerprint density at radius 3 is 2.56 bits per heavy atom. The van der Waals surface area contributed by atoms with E-state index < -0.39 is 15.8 Å². The Bertz CT molecular complexity index is 752. The van der Waals surface area contributed by atoms with E-state index >= 15 is 0 Å². The first kappa shape index (κ1) is 18.3. The lowest BCUT2D eigenvalue weighted by Gasteiger charge is -2.33. The summed E-state index contributed by atoms with van der Waals surface area (Å²) in [5.74, 6) is -0.737. The van der Waals surface area contributed by atoms with Crippen molar-refractivity contribution in [1.29, 1.82) is 0 Å². The number of carbonyl (C=O) groups is 2. The molecule has 0 bridgehead atoms. The number of aromatic nitrogens is 1. The van der Waals surface area contributed by atoms with Crippen molar-refractivity contribution in [2.45, 2.75) is 51.1 Å². The van der Waals surface area contributed by atoms with Gasteiger partial charge in [-0.25, -0.2) is 18.2 Å². The minimum absolute atomic E-state index is 0.0111. The van der Waals surface area contributed by atoms with E-state index in [4.69, 9.17) is 4.74 Å². The minimum Gasteiger partial charge on any atom is -0.451 e. The molecule has 1 aromatic rings. The van der Waals surface area contributed by atoms with Gasteiger partial charge in [0.2, 0.25) is 0 Å². The van der Waals surface area contributed by atoms with E-state index in [-0.39, 0.29) is 36.1 Å². The summed E-state index contributed by atoms with van der Waals surface area (Å²) in [6.07, 6.45) is 5.73. The van der Waals surface area contributed by atoms with Crippen molar-refractivity contribution < 1.29 is 22.7 Å². The van der Waals surface area contributed by atoms with Gasteiger partial charge in [0.05, 0.1) is 22.7 Å². The average Bonchev–Trinajstić information content (AvgIpc) is 3.27. The van der Waals surface area contributed by atoms with Crippen molar-refractivity contribution in [2.75, 3.05) is 18.1 Å². The molecule has 1 atom stereocenters. The summed E-state index contributed by atoms with van der Waals surface area (Å²) in [6.45, 7) is 1.43. The second-order valence-corrected chi connectivity index (χ2v) is 10.1. The number of aryl methyl sites for hydroxylation is 1. The third-order valence-electron chi connectivity index (χ3n) is 4.76. The van der Waals surface area contributed by atoms with Gasteiger partial charge in [-0.2, -0.15) is 0 Å². The highest BCUT2D eigenvalue weighted by Crippen LogP contribution is 2.29. The van der Waals surface area contributed by atoms with Gasteiger partial charge in [-0.1, -0.05) is 12.8 Å². The fraction of sp³-hybridized carbons (Fsp3) is 0.688. The average molecular weight is 386 g/mol. The van der Waals surface area contributed by atoms with E-state index in [1.54, 1.807) is 11.8 Å². The normalized spacial score (nSPS) is 22.8. The van der Waals surface area contributed by atoms with Crippen molar-refractivity contribution in [2.24, 2.45) is 0 Å². The highest BCUT2D eigenvalue weighted by Gasteiger charge is 2.39. The van der Waals surface area contributed by atoms with Gasteiger partial charge >= 0.3 is 5.97 Å². The lowest BCUT2D eigenvalue weighted by atomic mass is 10.1. The predicted octanol–water partition coefficient (Wildman–Crippen LogP) is 1.57. The molecule has 25 heavy (non-hydrogen) atoms. The number of hydrogen-bond donors (Lipinski definition) is 0. The summed E-state index contributed by atoms with van der Waals surface area (Å²) < 4.78 is 28.8. The standard InChI is InChI=1S/C16H22N2O5S2/c1-11-17-8-14(24-11)16(20)23-9-15(19)18(12-4-2-3-5-12)13-6-7-25(21,22)10-13/h8,12-13H,2-7,9-10H2,1H3/t13-/m0/s1. The summed E-state index contributed by atoms with van der Waals surface area (Å²) in [6, 6.07) is -0.250. The van der Waals surface area contributed by atoms with Crippen LogP contribution in [-0.4, -0.2) is 60.4 Å². The number of thiazole rings is 1. The van der Waals surface area contributed by atoms with Crippen molar-refractivity contribution in [3.05, 3.63) is 16.1 Å². The fourth-order valence-corrected chi connectivity index (χ4v) is 5.99. The van der Waals surface area contributed by atoms with Crippen LogP contribution in [0.2, 0.25) is 0 Å². The van der Waals surface area contributed by atoms with Crippen LogP contribution >= 0.6 is 11.3 Å². The maximum Gasteiger partial charge on any atom is 0.350 e. The molecular formula is C16H22N2O5S2. The molecule has 1 amide bonds. The number of rotatable bonds is 5. The molecule has 2 aliphatic rings. The molecule has 1 aromatic heterocycles. The third kappa shape index (κ3) is 4.38. The number of esters is 1. The van der Waals surface area contributed by atoms with Crippen LogP contribution in [0, 0.1) is 6.92 Å². The maximum absolute atomic E-state index is 12.7. The molecule has 1 saturated heterocycles. The first-order valence-electron chi connectivity index (χ1n) is 8.47. The van der Waals surface area contributed by atoms with Crippen LogP contribution in [0.15, 0.2) is 6.20 Å². The van der Waals surface area contributed by atoms with Crippen molar-refractivity contribution in [3.63, 3.8) is 0 Å². The molecule has 2 heterocycles. The van der Waals surface area contributed by atoms with E-state index in [0.29, 0.717) is 11.3 Å². The van der Waals surface area contributed by atoms with Crippen LogP contribution < -0.4 is 0 Å². The molecule has 7 nitrogen and oxygen atoms in total. The topological polar surface area (TPSA) is 93.6 Å². The molecular weight excluding hydrogens is 364 g/mol. The van der Waals surface area contributed by atoms with Crippen LogP contribution in [-0.2, 0) is 19.4 Å². The molecule has 0 aromatic carbocycles. The minimum atomic E-state index is -3.08. The zero-order chi connectivity index (χ0) is 18.0.